The van der Waals surface area contributed by atoms with Gasteiger partial charge in [0.05, 0.1) is 10.5 Å². The SMILES string of the molecule is Cc1cc(-c2n[nH]c(=S)n2/N=C\C=C\c2ccccc2[N+](=O)[O-])n[nH]1. The number of aryl methyl sites for hydroxylation is 1. The molecule has 0 saturated heterocycles. The second kappa shape index (κ2) is 7.01. The Morgan fingerprint density at radius 2 is 2.12 bits per heavy atom. The summed E-state index contributed by atoms with van der Waals surface area (Å²) < 4.78 is 1.74. The van der Waals surface area contributed by atoms with Crippen molar-refractivity contribution >= 4 is 30.2 Å². The van der Waals surface area contributed by atoms with Crippen molar-refractivity contribution < 1.29 is 4.92 Å². The van der Waals surface area contributed by atoms with Gasteiger partial charge in [-0.25, -0.2) is 5.10 Å². The minimum Gasteiger partial charge on any atom is -0.282 e. The second-order valence-corrected chi connectivity index (χ2v) is 5.43. The van der Waals surface area contributed by atoms with Crippen LogP contribution in [-0.2, 0) is 0 Å². The highest BCUT2D eigenvalue weighted by Crippen LogP contribution is 2.19. The van der Waals surface area contributed by atoms with Crippen molar-refractivity contribution in [3.8, 4) is 11.5 Å². The van der Waals surface area contributed by atoms with E-state index >= 15 is 0 Å². The van der Waals surface area contributed by atoms with Crippen molar-refractivity contribution in [2.75, 3.05) is 0 Å². The summed E-state index contributed by atoms with van der Waals surface area (Å²) in [6.45, 7) is 1.88. The highest BCUT2D eigenvalue weighted by molar-refractivity contribution is 7.71. The summed E-state index contributed by atoms with van der Waals surface area (Å²) in [6.07, 6.45) is 4.67. The van der Waals surface area contributed by atoms with Crippen LogP contribution in [0.15, 0.2) is 41.5 Å². The number of hydrogen-bond acceptors (Lipinski definition) is 6. The Balaban J connectivity index is 1.86. The molecular formula is C15H13N7O2S. The van der Waals surface area contributed by atoms with E-state index in [4.69, 9.17) is 12.2 Å². The molecule has 0 amide bonds. The molecular weight excluding hydrogens is 342 g/mol. The topological polar surface area (TPSA) is 118 Å². The van der Waals surface area contributed by atoms with Crippen molar-refractivity contribution in [1.29, 1.82) is 0 Å². The van der Waals surface area contributed by atoms with E-state index in [1.165, 1.54) is 17.0 Å². The molecule has 0 aliphatic rings. The zero-order chi connectivity index (χ0) is 17.8. The number of aromatic amines is 2. The number of nitro groups is 1. The van der Waals surface area contributed by atoms with Crippen molar-refractivity contribution in [3.63, 3.8) is 0 Å². The standard InChI is InChI=1S/C15H13N7O2S/c1-10-9-12(18-17-10)14-19-20-15(25)21(14)16-8-4-6-11-5-2-3-7-13(11)22(23)24/h2-9H,1H3,(H,17,18)(H,20,25)/b6-4+,16-8-. The fourth-order valence-corrected chi connectivity index (χ4v) is 2.32. The van der Waals surface area contributed by atoms with Gasteiger partial charge in [0.1, 0.15) is 5.69 Å². The maximum absolute atomic E-state index is 11.0. The largest absolute Gasteiger partial charge is 0.282 e. The molecule has 2 aromatic heterocycles. The Bertz CT molecular complexity index is 1030. The molecule has 0 atom stereocenters. The van der Waals surface area contributed by atoms with Gasteiger partial charge < -0.3 is 0 Å². The monoisotopic (exact) mass is 355 g/mol. The van der Waals surface area contributed by atoms with Gasteiger partial charge >= 0.3 is 0 Å². The zero-order valence-corrected chi connectivity index (χ0v) is 13.9. The first kappa shape index (κ1) is 16.5. The summed E-state index contributed by atoms with van der Waals surface area (Å²) in [5.74, 6) is 0.463. The molecule has 9 nitrogen and oxygen atoms in total. The van der Waals surface area contributed by atoms with Crippen molar-refractivity contribution in [2.24, 2.45) is 5.10 Å². The van der Waals surface area contributed by atoms with E-state index in [2.05, 4.69) is 25.5 Å². The minimum atomic E-state index is -0.430. The lowest BCUT2D eigenvalue weighted by molar-refractivity contribution is -0.385. The van der Waals surface area contributed by atoms with Crippen LogP contribution in [0.1, 0.15) is 11.3 Å². The number of benzene rings is 1. The number of nitrogens with zero attached hydrogens (tertiary/aromatic N) is 5. The van der Waals surface area contributed by atoms with Crippen LogP contribution in [0.4, 0.5) is 5.69 Å². The van der Waals surface area contributed by atoms with Crippen molar-refractivity contribution in [3.05, 3.63) is 62.6 Å². The van der Waals surface area contributed by atoms with Crippen LogP contribution in [0.2, 0.25) is 0 Å². The molecule has 10 heteroatoms. The molecule has 1 aromatic carbocycles. The molecule has 3 aromatic rings. The van der Waals surface area contributed by atoms with Crippen LogP contribution < -0.4 is 0 Å². The molecule has 0 aliphatic heterocycles. The van der Waals surface area contributed by atoms with Gasteiger partial charge in [-0.1, -0.05) is 12.1 Å². The maximum atomic E-state index is 11.0. The molecule has 0 aliphatic carbocycles. The van der Waals surface area contributed by atoms with Crippen molar-refractivity contribution in [2.45, 2.75) is 6.92 Å². The first-order valence-electron chi connectivity index (χ1n) is 7.20. The lowest BCUT2D eigenvalue weighted by Crippen LogP contribution is -1.94. The van der Waals surface area contributed by atoms with E-state index in [1.807, 2.05) is 13.0 Å². The summed E-state index contributed by atoms with van der Waals surface area (Å²) in [6, 6.07) is 8.27. The Labute approximate surface area is 146 Å². The lowest BCUT2D eigenvalue weighted by Gasteiger charge is -1.96. The Hall–Kier alpha value is -3.40. The van der Waals surface area contributed by atoms with Crippen molar-refractivity contribution in [1.82, 2.24) is 25.1 Å². The maximum Gasteiger partial charge on any atom is 0.276 e. The van der Waals surface area contributed by atoms with Crippen LogP contribution in [0.25, 0.3) is 17.6 Å². The van der Waals surface area contributed by atoms with Gasteiger partial charge in [0.25, 0.3) is 5.69 Å². The van der Waals surface area contributed by atoms with Crippen LogP contribution in [-0.4, -0.2) is 36.2 Å². The highest BCUT2D eigenvalue weighted by Gasteiger charge is 2.11. The molecule has 0 saturated carbocycles. The molecule has 0 spiro atoms. The van der Waals surface area contributed by atoms with Gasteiger partial charge in [0.15, 0.2) is 0 Å². The number of nitrogens with one attached hydrogen (secondary N) is 2. The molecule has 2 heterocycles. The molecule has 25 heavy (non-hydrogen) atoms. The summed E-state index contributed by atoms with van der Waals surface area (Å²) in [5, 5.41) is 28.9. The van der Waals surface area contributed by atoms with Crippen LogP contribution in [0.3, 0.4) is 0 Å². The first-order valence-corrected chi connectivity index (χ1v) is 7.61. The Morgan fingerprint density at radius 1 is 1.32 bits per heavy atom. The molecule has 2 N–H and O–H groups in total. The van der Waals surface area contributed by atoms with Gasteiger partial charge in [-0.15, -0.1) is 0 Å². The molecule has 0 bridgehead atoms. The third kappa shape index (κ3) is 3.58. The third-order valence-electron chi connectivity index (χ3n) is 3.26. The average molecular weight is 355 g/mol. The quantitative estimate of drug-likeness (QED) is 0.315. The van der Waals surface area contributed by atoms with E-state index in [0.717, 1.165) is 5.69 Å². The minimum absolute atomic E-state index is 0.0276. The Kier molecular flexibility index (Phi) is 4.61. The molecule has 0 fully saturated rings. The number of aromatic nitrogens is 5. The molecule has 126 valence electrons. The lowest BCUT2D eigenvalue weighted by atomic mass is 10.2. The molecule has 3 rings (SSSR count). The number of nitro benzene ring substituents is 1. The number of rotatable bonds is 5. The summed E-state index contributed by atoms with van der Waals surface area (Å²) in [4.78, 5) is 10.6. The number of H-pyrrole nitrogens is 2. The molecule has 0 radical (unpaired) electrons. The van der Waals surface area contributed by atoms with Gasteiger partial charge in [-0.3, -0.25) is 15.2 Å². The normalized spacial score (nSPS) is 11.6. The first-order chi connectivity index (χ1) is 12.1. The zero-order valence-electron chi connectivity index (χ0n) is 13.1. The smallest absolute Gasteiger partial charge is 0.276 e. The fraction of sp³-hybridized carbons (Fsp3) is 0.0667. The van der Waals surface area contributed by atoms with Gasteiger partial charge in [-0.05, 0) is 43.4 Å². The third-order valence-corrected chi connectivity index (χ3v) is 3.53. The highest BCUT2D eigenvalue weighted by atomic mass is 32.1. The summed E-state index contributed by atoms with van der Waals surface area (Å²) >= 11 is 5.16. The number of para-hydroxylation sites is 1. The Morgan fingerprint density at radius 3 is 2.84 bits per heavy atom. The predicted molar refractivity (Wildman–Crippen MR) is 95.8 cm³/mol. The van der Waals surface area contributed by atoms with E-state index < -0.39 is 4.92 Å². The van der Waals surface area contributed by atoms with E-state index in [9.17, 15) is 10.1 Å². The fourth-order valence-electron chi connectivity index (χ4n) is 2.14. The molecule has 0 unspecified atom stereocenters. The second-order valence-electron chi connectivity index (χ2n) is 5.04. The van der Waals surface area contributed by atoms with Crippen LogP contribution in [0, 0.1) is 21.8 Å². The van der Waals surface area contributed by atoms with E-state index in [0.29, 0.717) is 21.9 Å². The predicted octanol–water partition coefficient (Wildman–Crippen LogP) is 3.09. The van der Waals surface area contributed by atoms with Gasteiger partial charge in [0, 0.05) is 18.0 Å². The number of allylic oxidation sites excluding steroid dienone is 1. The van der Waals surface area contributed by atoms with Gasteiger partial charge in [-0.2, -0.15) is 20.0 Å². The van der Waals surface area contributed by atoms with Crippen LogP contribution >= 0.6 is 12.2 Å². The van der Waals surface area contributed by atoms with Gasteiger partial charge in [0.2, 0.25) is 10.6 Å². The number of hydrogen-bond donors (Lipinski definition) is 2. The van der Waals surface area contributed by atoms with E-state index in [1.54, 1.807) is 30.4 Å². The summed E-state index contributed by atoms with van der Waals surface area (Å²) in [7, 11) is 0. The van der Waals surface area contributed by atoms with E-state index in [-0.39, 0.29) is 5.69 Å². The summed E-state index contributed by atoms with van der Waals surface area (Å²) in [5.41, 5.74) is 2.00. The average Bonchev–Trinajstić information content (AvgIpc) is 3.18. The van der Waals surface area contributed by atoms with Crippen LogP contribution in [0.5, 0.6) is 0 Å².